The Morgan fingerprint density at radius 1 is 1.62 bits per heavy atom. The summed E-state index contributed by atoms with van der Waals surface area (Å²) < 4.78 is 4.87. The first-order valence-corrected chi connectivity index (χ1v) is 4.98. The summed E-state index contributed by atoms with van der Waals surface area (Å²) in [6, 6.07) is 1.81. The van der Waals surface area contributed by atoms with E-state index in [1.807, 2.05) is 6.07 Å². The second kappa shape index (κ2) is 5.85. The quantitative estimate of drug-likeness (QED) is 0.607. The number of hydrogen-bond donors (Lipinski definition) is 1. The maximum absolute atomic E-state index is 11.3. The number of aromatic amines is 1. The number of nitrogens with zero attached hydrogens (tertiary/aromatic N) is 2. The highest BCUT2D eigenvalue weighted by Crippen LogP contribution is 2.18. The highest BCUT2D eigenvalue weighted by molar-refractivity contribution is 6.11. The van der Waals surface area contributed by atoms with Gasteiger partial charge in [0, 0.05) is 18.8 Å². The standard InChI is InChI=1S/C11H15N3O2/c1-4-16-10(15)7-9(12-2)8-5-6-14-11(8)13-3/h5-6,14H,3-4,7H2,1-2H3. The second-order valence-corrected chi connectivity index (χ2v) is 3.05. The van der Waals surface area contributed by atoms with Crippen LogP contribution in [0.4, 0.5) is 5.82 Å². The number of aromatic nitrogens is 1. The lowest BCUT2D eigenvalue weighted by molar-refractivity contribution is -0.141. The molecule has 1 aromatic heterocycles. The molecule has 0 amide bonds. The van der Waals surface area contributed by atoms with Crippen molar-refractivity contribution in [2.45, 2.75) is 13.3 Å². The molecule has 0 saturated carbocycles. The second-order valence-electron chi connectivity index (χ2n) is 3.05. The monoisotopic (exact) mass is 221 g/mol. The molecule has 5 heteroatoms. The van der Waals surface area contributed by atoms with Gasteiger partial charge >= 0.3 is 5.97 Å². The molecule has 1 rings (SSSR count). The highest BCUT2D eigenvalue weighted by Gasteiger charge is 2.13. The minimum Gasteiger partial charge on any atom is -0.466 e. The minimum absolute atomic E-state index is 0.144. The Morgan fingerprint density at radius 3 is 2.94 bits per heavy atom. The van der Waals surface area contributed by atoms with Crippen LogP contribution in [0, 0.1) is 0 Å². The van der Waals surface area contributed by atoms with Crippen molar-refractivity contribution >= 4 is 24.2 Å². The van der Waals surface area contributed by atoms with Crippen molar-refractivity contribution in [3.05, 3.63) is 17.8 Å². The molecule has 16 heavy (non-hydrogen) atoms. The highest BCUT2D eigenvalue weighted by atomic mass is 16.5. The maximum Gasteiger partial charge on any atom is 0.311 e. The molecule has 1 heterocycles. The lowest BCUT2D eigenvalue weighted by Crippen LogP contribution is -2.12. The molecule has 0 fully saturated rings. The topological polar surface area (TPSA) is 66.8 Å². The summed E-state index contributed by atoms with van der Waals surface area (Å²) >= 11 is 0. The number of H-pyrrole nitrogens is 1. The fourth-order valence-corrected chi connectivity index (χ4v) is 1.37. The molecule has 0 radical (unpaired) electrons. The van der Waals surface area contributed by atoms with Gasteiger partial charge in [0.1, 0.15) is 5.82 Å². The molecule has 0 aliphatic rings. The molecule has 5 nitrogen and oxygen atoms in total. The van der Waals surface area contributed by atoms with Crippen molar-refractivity contribution in [2.75, 3.05) is 13.7 Å². The van der Waals surface area contributed by atoms with E-state index in [0.29, 0.717) is 18.1 Å². The molecule has 0 bridgehead atoms. The zero-order valence-corrected chi connectivity index (χ0v) is 9.49. The van der Waals surface area contributed by atoms with Crippen LogP contribution in [0.15, 0.2) is 22.2 Å². The molecule has 0 atom stereocenters. The number of esters is 1. The Balaban J connectivity index is 2.84. The molecule has 0 saturated heterocycles. The lowest BCUT2D eigenvalue weighted by atomic mass is 10.1. The fourth-order valence-electron chi connectivity index (χ4n) is 1.37. The van der Waals surface area contributed by atoms with Crippen LogP contribution in [0.25, 0.3) is 0 Å². The van der Waals surface area contributed by atoms with Crippen molar-refractivity contribution in [1.82, 2.24) is 4.98 Å². The Hall–Kier alpha value is -1.91. The molecule has 0 unspecified atom stereocenters. The van der Waals surface area contributed by atoms with Gasteiger partial charge in [0.15, 0.2) is 0 Å². The van der Waals surface area contributed by atoms with Gasteiger partial charge in [-0.1, -0.05) is 0 Å². The van der Waals surface area contributed by atoms with E-state index in [9.17, 15) is 4.79 Å². The van der Waals surface area contributed by atoms with Gasteiger partial charge in [0.05, 0.1) is 18.7 Å². The first-order valence-electron chi connectivity index (χ1n) is 4.98. The Kier molecular flexibility index (Phi) is 4.44. The third-order valence-corrected chi connectivity index (χ3v) is 2.08. The van der Waals surface area contributed by atoms with E-state index >= 15 is 0 Å². The molecule has 0 spiro atoms. The van der Waals surface area contributed by atoms with Crippen LogP contribution < -0.4 is 0 Å². The van der Waals surface area contributed by atoms with Crippen LogP contribution in [0.3, 0.4) is 0 Å². The van der Waals surface area contributed by atoms with Crippen LogP contribution in [-0.4, -0.2) is 37.0 Å². The molecular weight excluding hydrogens is 206 g/mol. The van der Waals surface area contributed by atoms with E-state index in [4.69, 9.17) is 4.74 Å². The number of ether oxygens (including phenoxy) is 1. The zero-order valence-electron chi connectivity index (χ0n) is 9.49. The molecule has 86 valence electrons. The third kappa shape index (κ3) is 2.79. The first-order chi connectivity index (χ1) is 7.72. The summed E-state index contributed by atoms with van der Waals surface area (Å²) in [7, 11) is 1.63. The summed E-state index contributed by atoms with van der Waals surface area (Å²) in [5.74, 6) is 0.323. The maximum atomic E-state index is 11.3. The normalized spacial score (nSPS) is 11.2. The Labute approximate surface area is 94.3 Å². The molecule has 1 aromatic rings. The number of aliphatic imine (C=N–C) groups is 2. The predicted molar refractivity (Wildman–Crippen MR) is 63.7 cm³/mol. The van der Waals surface area contributed by atoms with Crippen molar-refractivity contribution in [3.63, 3.8) is 0 Å². The average molecular weight is 221 g/mol. The molecule has 1 N–H and O–H groups in total. The van der Waals surface area contributed by atoms with E-state index in [-0.39, 0.29) is 12.4 Å². The van der Waals surface area contributed by atoms with Crippen molar-refractivity contribution in [2.24, 2.45) is 9.98 Å². The SMILES string of the molecule is C=Nc1[nH]ccc1C(CC(=O)OCC)=NC. The largest absolute Gasteiger partial charge is 0.466 e. The van der Waals surface area contributed by atoms with Crippen molar-refractivity contribution < 1.29 is 9.53 Å². The summed E-state index contributed by atoms with van der Waals surface area (Å²) in [6.07, 6.45) is 1.88. The Morgan fingerprint density at radius 2 is 2.38 bits per heavy atom. The van der Waals surface area contributed by atoms with E-state index < -0.39 is 0 Å². The third-order valence-electron chi connectivity index (χ3n) is 2.08. The van der Waals surface area contributed by atoms with Gasteiger partial charge in [0.25, 0.3) is 0 Å². The van der Waals surface area contributed by atoms with Crippen molar-refractivity contribution in [1.29, 1.82) is 0 Å². The predicted octanol–water partition coefficient (Wildman–Crippen LogP) is 1.72. The average Bonchev–Trinajstić information content (AvgIpc) is 2.74. The van der Waals surface area contributed by atoms with E-state index in [1.54, 1.807) is 20.2 Å². The number of rotatable bonds is 5. The van der Waals surface area contributed by atoms with Gasteiger partial charge in [0.2, 0.25) is 0 Å². The van der Waals surface area contributed by atoms with Gasteiger partial charge in [-0.05, 0) is 19.7 Å². The molecule has 0 aliphatic heterocycles. The van der Waals surface area contributed by atoms with Crippen LogP contribution in [0.1, 0.15) is 18.9 Å². The summed E-state index contributed by atoms with van der Waals surface area (Å²) in [4.78, 5) is 22.1. The number of nitrogens with one attached hydrogen (secondary N) is 1. The minimum atomic E-state index is -0.292. The number of hydrogen-bond acceptors (Lipinski definition) is 4. The first kappa shape index (κ1) is 12.2. The van der Waals surface area contributed by atoms with E-state index in [2.05, 4.69) is 21.7 Å². The fraction of sp³-hybridized carbons (Fsp3) is 0.364. The number of carbonyl (C=O) groups is 1. The van der Waals surface area contributed by atoms with Gasteiger partial charge in [-0.2, -0.15) is 0 Å². The van der Waals surface area contributed by atoms with Gasteiger partial charge in [-0.3, -0.25) is 9.79 Å². The van der Waals surface area contributed by atoms with Gasteiger partial charge in [-0.15, -0.1) is 0 Å². The molecule has 0 aliphatic carbocycles. The lowest BCUT2D eigenvalue weighted by Gasteiger charge is -2.04. The van der Waals surface area contributed by atoms with Crippen LogP contribution in [0.5, 0.6) is 0 Å². The number of carbonyl (C=O) groups excluding carboxylic acids is 1. The summed E-state index contributed by atoms with van der Waals surface area (Å²) in [5, 5.41) is 0. The van der Waals surface area contributed by atoms with Crippen LogP contribution in [-0.2, 0) is 9.53 Å². The van der Waals surface area contributed by atoms with Gasteiger partial charge < -0.3 is 9.72 Å². The van der Waals surface area contributed by atoms with Crippen LogP contribution >= 0.6 is 0 Å². The van der Waals surface area contributed by atoms with E-state index in [1.165, 1.54) is 0 Å². The summed E-state index contributed by atoms with van der Waals surface area (Å²) in [5.41, 5.74) is 1.42. The molecular formula is C11H15N3O2. The summed E-state index contributed by atoms with van der Waals surface area (Å²) in [6.45, 7) is 5.59. The molecule has 0 aromatic carbocycles. The zero-order chi connectivity index (χ0) is 12.0. The van der Waals surface area contributed by atoms with Crippen LogP contribution in [0.2, 0.25) is 0 Å². The smallest absolute Gasteiger partial charge is 0.311 e. The van der Waals surface area contributed by atoms with Gasteiger partial charge in [-0.25, -0.2) is 4.99 Å². The Bertz CT molecular complexity index is 407. The van der Waals surface area contributed by atoms with Crippen molar-refractivity contribution in [3.8, 4) is 0 Å². The van der Waals surface area contributed by atoms with E-state index in [0.717, 1.165) is 5.56 Å².